The number of nitrogens with one attached hydrogen (secondary N) is 2. The molecule has 1 aromatic heterocycles. The summed E-state index contributed by atoms with van der Waals surface area (Å²) >= 11 is 12.0. The summed E-state index contributed by atoms with van der Waals surface area (Å²) in [6, 6.07) is 22.2. The molecule has 0 bridgehead atoms. The number of amides is 2. The van der Waals surface area contributed by atoms with Crippen LogP contribution in [0.25, 0.3) is 10.9 Å². The number of hydrogen-bond donors (Lipinski definition) is 2. The van der Waals surface area contributed by atoms with E-state index >= 15 is 0 Å². The molecule has 37 heavy (non-hydrogen) atoms. The van der Waals surface area contributed by atoms with Gasteiger partial charge in [-0.2, -0.15) is 5.10 Å². The minimum atomic E-state index is -0.792. The average molecular weight is 535 g/mol. The van der Waals surface area contributed by atoms with E-state index in [9.17, 15) is 9.59 Å². The molecule has 4 aromatic rings. The van der Waals surface area contributed by atoms with Crippen LogP contribution in [-0.2, 0) is 11.3 Å². The Labute approximate surface area is 226 Å². The summed E-state index contributed by atoms with van der Waals surface area (Å²) in [5.74, 6) is -1.00. The third kappa shape index (κ3) is 6.04. The van der Waals surface area contributed by atoms with Crippen LogP contribution < -0.4 is 10.7 Å². The summed E-state index contributed by atoms with van der Waals surface area (Å²) < 4.78 is 2.24. The van der Waals surface area contributed by atoms with Crippen LogP contribution in [-0.4, -0.2) is 28.6 Å². The fourth-order valence-electron chi connectivity index (χ4n) is 4.22. The smallest absolute Gasteiger partial charge is 0.262 e. The van der Waals surface area contributed by atoms with E-state index in [-0.39, 0.29) is 10.9 Å². The van der Waals surface area contributed by atoms with Gasteiger partial charge in [0.1, 0.15) is 6.04 Å². The maximum absolute atomic E-state index is 13.0. The summed E-state index contributed by atoms with van der Waals surface area (Å²) in [6.07, 6.45) is 1.66. The van der Waals surface area contributed by atoms with E-state index in [1.54, 1.807) is 18.3 Å². The van der Waals surface area contributed by atoms with Gasteiger partial charge in [0, 0.05) is 34.3 Å². The van der Waals surface area contributed by atoms with Crippen molar-refractivity contribution in [2.24, 2.45) is 11.0 Å². The highest BCUT2D eigenvalue weighted by Crippen LogP contribution is 2.26. The molecule has 1 unspecified atom stereocenters. The molecule has 3 aromatic carbocycles. The van der Waals surface area contributed by atoms with Crippen molar-refractivity contribution in [1.82, 2.24) is 15.3 Å². The molecule has 2 amide bonds. The number of carbonyl (C=O) groups is 2. The first-order valence-corrected chi connectivity index (χ1v) is 12.7. The Morgan fingerprint density at radius 2 is 1.68 bits per heavy atom. The molecule has 1 heterocycles. The highest BCUT2D eigenvalue weighted by molar-refractivity contribution is 6.42. The Kier molecular flexibility index (Phi) is 8.31. The molecule has 0 spiro atoms. The van der Waals surface area contributed by atoms with Gasteiger partial charge < -0.3 is 9.88 Å². The quantitative estimate of drug-likeness (QED) is 0.208. The van der Waals surface area contributed by atoms with Crippen molar-refractivity contribution in [2.75, 3.05) is 0 Å². The van der Waals surface area contributed by atoms with Crippen LogP contribution in [0, 0.1) is 12.8 Å². The maximum atomic E-state index is 13.0. The molecule has 8 heteroatoms. The van der Waals surface area contributed by atoms with Crippen molar-refractivity contribution < 1.29 is 9.59 Å². The lowest BCUT2D eigenvalue weighted by Crippen LogP contribution is -2.48. The second-order valence-electron chi connectivity index (χ2n) is 9.15. The number of hydrogen-bond acceptors (Lipinski definition) is 3. The van der Waals surface area contributed by atoms with Gasteiger partial charge in [0.25, 0.3) is 11.8 Å². The molecule has 190 valence electrons. The molecule has 0 fully saturated rings. The Hall–Kier alpha value is -3.61. The van der Waals surface area contributed by atoms with E-state index in [1.165, 1.54) is 11.6 Å². The molecule has 1 atom stereocenters. The molecule has 0 aliphatic heterocycles. The molecule has 0 saturated heterocycles. The van der Waals surface area contributed by atoms with Gasteiger partial charge in [0.05, 0.1) is 16.3 Å². The van der Waals surface area contributed by atoms with E-state index in [1.807, 2.05) is 57.2 Å². The van der Waals surface area contributed by atoms with Gasteiger partial charge in [-0.25, -0.2) is 5.43 Å². The lowest BCUT2D eigenvalue weighted by Gasteiger charge is -2.20. The Balaban J connectivity index is 1.52. The lowest BCUT2D eigenvalue weighted by atomic mass is 10.0. The average Bonchev–Trinajstić information content (AvgIpc) is 3.15. The predicted octanol–water partition coefficient (Wildman–Crippen LogP) is 6.21. The highest BCUT2D eigenvalue weighted by Gasteiger charge is 2.25. The van der Waals surface area contributed by atoms with Crippen molar-refractivity contribution in [1.29, 1.82) is 0 Å². The second kappa shape index (κ2) is 11.6. The van der Waals surface area contributed by atoms with Gasteiger partial charge in [0.15, 0.2) is 0 Å². The minimum Gasteiger partial charge on any atom is -0.340 e. The fraction of sp³-hybridized carbons (Fsp3) is 0.207. The van der Waals surface area contributed by atoms with Crippen molar-refractivity contribution in [2.45, 2.75) is 33.4 Å². The van der Waals surface area contributed by atoms with E-state index in [0.29, 0.717) is 10.6 Å². The van der Waals surface area contributed by atoms with Crippen molar-refractivity contribution >= 4 is 52.1 Å². The minimum absolute atomic E-state index is 0.170. The van der Waals surface area contributed by atoms with E-state index in [2.05, 4.69) is 38.6 Å². The first-order chi connectivity index (χ1) is 17.8. The number of nitrogens with zero attached hydrogens (tertiary/aromatic N) is 2. The topological polar surface area (TPSA) is 75.5 Å². The molecule has 0 aliphatic rings. The number of hydrazone groups is 1. The second-order valence-corrected chi connectivity index (χ2v) is 9.96. The monoisotopic (exact) mass is 534 g/mol. The highest BCUT2D eigenvalue weighted by atomic mass is 35.5. The number of fused-ring (bicyclic) bond motifs is 1. The largest absolute Gasteiger partial charge is 0.340 e. The zero-order chi connectivity index (χ0) is 26.5. The number of carbonyl (C=O) groups excluding carboxylic acids is 2. The Morgan fingerprint density at radius 3 is 2.38 bits per heavy atom. The van der Waals surface area contributed by atoms with Crippen LogP contribution in [0.15, 0.2) is 77.9 Å². The first kappa shape index (κ1) is 26.5. The third-order valence-corrected chi connectivity index (χ3v) is 6.99. The number of aromatic nitrogens is 1. The number of halogens is 2. The number of para-hydroxylation sites is 1. The van der Waals surface area contributed by atoms with Gasteiger partial charge in [-0.05, 0) is 42.7 Å². The van der Waals surface area contributed by atoms with Gasteiger partial charge in [-0.15, -0.1) is 0 Å². The van der Waals surface area contributed by atoms with Crippen LogP contribution in [0.1, 0.15) is 41.0 Å². The van der Waals surface area contributed by atoms with Crippen molar-refractivity contribution in [3.8, 4) is 0 Å². The third-order valence-electron chi connectivity index (χ3n) is 6.25. The molecule has 2 N–H and O–H groups in total. The van der Waals surface area contributed by atoms with Crippen LogP contribution in [0.3, 0.4) is 0 Å². The van der Waals surface area contributed by atoms with Crippen molar-refractivity contribution in [3.05, 3.63) is 105 Å². The molecular weight excluding hydrogens is 507 g/mol. The van der Waals surface area contributed by atoms with Gasteiger partial charge in [0.2, 0.25) is 0 Å². The summed E-state index contributed by atoms with van der Waals surface area (Å²) in [4.78, 5) is 25.7. The molecular formula is C29H28Cl2N4O2. The number of rotatable bonds is 8. The van der Waals surface area contributed by atoms with E-state index in [0.717, 1.165) is 28.7 Å². The molecule has 0 saturated carbocycles. The Bertz CT molecular complexity index is 1460. The predicted molar refractivity (Wildman–Crippen MR) is 151 cm³/mol. The lowest BCUT2D eigenvalue weighted by molar-refractivity contribution is -0.123. The normalized spacial score (nSPS) is 12.3. The molecule has 0 aliphatic carbocycles. The maximum Gasteiger partial charge on any atom is 0.262 e. The van der Waals surface area contributed by atoms with Crippen LogP contribution in [0.2, 0.25) is 10.0 Å². The van der Waals surface area contributed by atoms with E-state index in [4.69, 9.17) is 23.2 Å². The molecule has 4 rings (SSSR count). The van der Waals surface area contributed by atoms with Gasteiger partial charge in [-0.1, -0.05) is 85.6 Å². The van der Waals surface area contributed by atoms with Gasteiger partial charge in [-0.3, -0.25) is 9.59 Å². The summed E-state index contributed by atoms with van der Waals surface area (Å²) in [5.41, 5.74) is 7.16. The van der Waals surface area contributed by atoms with Gasteiger partial charge >= 0.3 is 0 Å². The fourth-order valence-corrected chi connectivity index (χ4v) is 4.52. The SMILES string of the molecule is Cc1c(C=NNC(=O)C(NC(=O)c2ccc(Cl)c(Cl)c2)C(C)C)c2ccccc2n1Cc1ccccc1. The van der Waals surface area contributed by atoms with Crippen LogP contribution >= 0.6 is 23.2 Å². The van der Waals surface area contributed by atoms with Crippen LogP contribution in [0.4, 0.5) is 0 Å². The molecule has 0 radical (unpaired) electrons. The molecule has 6 nitrogen and oxygen atoms in total. The standard InChI is InChI=1S/C29H28Cl2N4O2/c1-18(2)27(33-28(36)21-13-14-24(30)25(31)15-21)29(37)34-32-16-23-19(3)35(17-20-9-5-4-6-10-20)26-12-8-7-11-22(23)26/h4-16,18,27H,17H2,1-3H3,(H,33,36)(H,34,37). The first-order valence-electron chi connectivity index (χ1n) is 12.0. The summed E-state index contributed by atoms with van der Waals surface area (Å²) in [6.45, 7) is 6.47. The van der Waals surface area contributed by atoms with Crippen LogP contribution in [0.5, 0.6) is 0 Å². The zero-order valence-electron chi connectivity index (χ0n) is 20.8. The Morgan fingerprint density at radius 1 is 0.973 bits per heavy atom. The van der Waals surface area contributed by atoms with Crippen molar-refractivity contribution in [3.63, 3.8) is 0 Å². The summed E-state index contributed by atoms with van der Waals surface area (Å²) in [5, 5.41) is 8.69. The number of benzene rings is 3. The zero-order valence-corrected chi connectivity index (χ0v) is 22.3. The summed E-state index contributed by atoms with van der Waals surface area (Å²) in [7, 11) is 0. The van der Waals surface area contributed by atoms with E-state index < -0.39 is 17.9 Å².